The molecule has 1 aromatic heterocycles. The molecule has 1 aliphatic rings. The molecule has 3 aromatic rings. The number of rotatable bonds is 5. The van der Waals surface area contributed by atoms with Gasteiger partial charge in [0, 0.05) is 34.5 Å². The van der Waals surface area contributed by atoms with E-state index in [2.05, 4.69) is 4.98 Å². The average Bonchev–Trinajstić information content (AvgIpc) is 3.04. The lowest BCUT2D eigenvalue weighted by atomic mass is 9.94. The maximum atomic E-state index is 13.2. The molecule has 1 unspecified atom stereocenters. The monoisotopic (exact) mass is 482 g/mol. The largest absolute Gasteiger partial charge is 0.507 e. The number of hydrogen-bond acceptors (Lipinski definition) is 5. The highest BCUT2D eigenvalue weighted by Crippen LogP contribution is 2.43. The Morgan fingerprint density at radius 2 is 1.94 bits per heavy atom. The number of ether oxygens (including phenoxy) is 1. The van der Waals surface area contributed by atoms with Crippen LogP contribution in [0.4, 0.5) is 0 Å². The van der Waals surface area contributed by atoms with Gasteiger partial charge in [-0.15, -0.1) is 0 Å². The van der Waals surface area contributed by atoms with Gasteiger partial charge in [-0.2, -0.15) is 0 Å². The normalized spacial score (nSPS) is 17.5. The van der Waals surface area contributed by atoms with Crippen molar-refractivity contribution >= 4 is 40.7 Å². The summed E-state index contributed by atoms with van der Waals surface area (Å²) in [6.45, 7) is 1.94. The zero-order chi connectivity index (χ0) is 23.7. The topological polar surface area (TPSA) is 79.7 Å². The maximum Gasteiger partial charge on any atom is 0.295 e. The van der Waals surface area contributed by atoms with Crippen LogP contribution in [0.15, 0.2) is 66.5 Å². The van der Waals surface area contributed by atoms with Gasteiger partial charge in [0.15, 0.2) is 0 Å². The number of pyridine rings is 1. The molecule has 168 valence electrons. The van der Waals surface area contributed by atoms with Gasteiger partial charge in [-0.25, -0.2) is 0 Å². The molecule has 0 saturated carbocycles. The van der Waals surface area contributed by atoms with Crippen molar-refractivity contribution in [1.29, 1.82) is 0 Å². The van der Waals surface area contributed by atoms with E-state index in [1.807, 2.05) is 6.92 Å². The molecule has 1 N–H and O–H groups in total. The predicted octanol–water partition coefficient (Wildman–Crippen LogP) is 5.33. The van der Waals surface area contributed by atoms with Gasteiger partial charge in [-0.3, -0.25) is 14.6 Å². The molecule has 6 nitrogen and oxygen atoms in total. The van der Waals surface area contributed by atoms with Crippen molar-refractivity contribution in [2.75, 3.05) is 7.11 Å². The Morgan fingerprint density at radius 3 is 2.58 bits per heavy atom. The summed E-state index contributed by atoms with van der Waals surface area (Å²) in [7, 11) is 1.55. The molecule has 2 aromatic carbocycles. The minimum atomic E-state index is -0.905. The van der Waals surface area contributed by atoms with Crippen LogP contribution in [0.5, 0.6) is 5.75 Å². The third-order valence-corrected chi connectivity index (χ3v) is 6.10. The quantitative estimate of drug-likeness (QED) is 0.302. The third kappa shape index (κ3) is 4.32. The number of Topliss-reactive ketones (excluding diaryl/α,β-unsaturated/α-hetero) is 1. The minimum Gasteiger partial charge on any atom is -0.507 e. The van der Waals surface area contributed by atoms with E-state index in [0.29, 0.717) is 21.9 Å². The molecule has 0 bridgehead atoms. The second-order valence-corrected chi connectivity index (χ2v) is 8.48. The Hall–Kier alpha value is -3.35. The fourth-order valence-electron chi connectivity index (χ4n) is 3.96. The van der Waals surface area contributed by atoms with Crippen molar-refractivity contribution in [3.8, 4) is 5.75 Å². The van der Waals surface area contributed by atoms with Crippen LogP contribution in [0, 0.1) is 6.92 Å². The summed E-state index contributed by atoms with van der Waals surface area (Å²) < 4.78 is 5.28. The van der Waals surface area contributed by atoms with E-state index in [-0.39, 0.29) is 22.9 Å². The SMILES string of the molecule is COc1ccc(/C(O)=C2\C(=O)C(=O)N(Cc3cccnc3)C2c2ccc(Cl)cc2Cl)cc1C. The van der Waals surface area contributed by atoms with Crippen molar-refractivity contribution in [3.63, 3.8) is 0 Å². The minimum absolute atomic E-state index is 0.0438. The van der Waals surface area contributed by atoms with E-state index in [9.17, 15) is 14.7 Å². The van der Waals surface area contributed by atoms with Crippen molar-refractivity contribution in [2.45, 2.75) is 19.5 Å². The number of carbonyl (C=O) groups excluding carboxylic acids is 2. The molecule has 0 radical (unpaired) electrons. The zero-order valence-corrected chi connectivity index (χ0v) is 19.4. The van der Waals surface area contributed by atoms with E-state index < -0.39 is 17.7 Å². The number of carbonyl (C=O) groups is 2. The van der Waals surface area contributed by atoms with E-state index in [0.717, 1.165) is 11.1 Å². The second-order valence-electron chi connectivity index (χ2n) is 7.64. The molecule has 0 aliphatic carbocycles. The summed E-state index contributed by atoms with van der Waals surface area (Å²) in [6, 6.07) is 12.5. The molecule has 2 heterocycles. The molecule has 33 heavy (non-hydrogen) atoms. The first-order valence-electron chi connectivity index (χ1n) is 10.1. The number of aryl methyl sites for hydroxylation is 1. The highest BCUT2D eigenvalue weighted by molar-refractivity contribution is 6.47. The number of aliphatic hydroxyl groups excluding tert-OH is 1. The van der Waals surface area contributed by atoms with Crippen LogP contribution in [-0.2, 0) is 16.1 Å². The Kier molecular flexibility index (Phi) is 6.40. The molecule has 1 amide bonds. The first-order valence-corrected chi connectivity index (χ1v) is 10.8. The van der Waals surface area contributed by atoms with Gasteiger partial charge >= 0.3 is 0 Å². The van der Waals surface area contributed by atoms with E-state index in [1.54, 1.807) is 68.0 Å². The molecule has 1 aliphatic heterocycles. The van der Waals surface area contributed by atoms with Crippen LogP contribution in [0.25, 0.3) is 5.76 Å². The number of nitrogens with zero attached hydrogens (tertiary/aromatic N) is 2. The molecule has 4 rings (SSSR count). The van der Waals surface area contributed by atoms with Crippen LogP contribution in [0.1, 0.15) is 28.3 Å². The lowest BCUT2D eigenvalue weighted by molar-refractivity contribution is -0.140. The van der Waals surface area contributed by atoms with Crippen LogP contribution >= 0.6 is 23.2 Å². The van der Waals surface area contributed by atoms with E-state index >= 15 is 0 Å². The van der Waals surface area contributed by atoms with Gasteiger partial charge < -0.3 is 14.7 Å². The van der Waals surface area contributed by atoms with Crippen LogP contribution in [0.2, 0.25) is 10.0 Å². The first kappa shape index (κ1) is 22.8. The average molecular weight is 483 g/mol. The molecule has 1 saturated heterocycles. The van der Waals surface area contributed by atoms with Gasteiger partial charge in [-0.05, 0) is 60.0 Å². The Bertz CT molecular complexity index is 1270. The van der Waals surface area contributed by atoms with Gasteiger partial charge in [0.2, 0.25) is 0 Å². The van der Waals surface area contributed by atoms with E-state index in [1.165, 1.54) is 4.90 Å². The van der Waals surface area contributed by atoms with Gasteiger partial charge in [0.05, 0.1) is 18.7 Å². The number of ketones is 1. The number of likely N-dealkylation sites (tertiary alicyclic amines) is 1. The van der Waals surface area contributed by atoms with Gasteiger partial charge in [0.1, 0.15) is 11.5 Å². The predicted molar refractivity (Wildman–Crippen MR) is 126 cm³/mol. The smallest absolute Gasteiger partial charge is 0.295 e. The molecule has 0 spiro atoms. The fourth-order valence-corrected chi connectivity index (χ4v) is 4.47. The molecule has 1 fully saturated rings. The number of methoxy groups -OCH3 is 1. The lowest BCUT2D eigenvalue weighted by Crippen LogP contribution is -2.29. The van der Waals surface area contributed by atoms with Crippen LogP contribution in [-0.4, -0.2) is 33.8 Å². The zero-order valence-electron chi connectivity index (χ0n) is 17.9. The van der Waals surface area contributed by atoms with Crippen molar-refractivity contribution in [3.05, 3.63) is 98.8 Å². The standard InChI is InChI=1S/C25H20Cl2N2O4/c1-14-10-16(5-8-20(14)33-2)23(30)21-22(18-7-6-17(26)11-19(18)27)29(25(32)24(21)31)13-15-4-3-9-28-12-15/h3-12,22,30H,13H2,1-2H3/b23-21+. The summed E-state index contributed by atoms with van der Waals surface area (Å²) in [6.07, 6.45) is 3.24. The summed E-state index contributed by atoms with van der Waals surface area (Å²) in [5, 5.41) is 11.9. The fraction of sp³-hybridized carbons (Fsp3) is 0.160. The van der Waals surface area contributed by atoms with Crippen molar-refractivity contribution < 1.29 is 19.4 Å². The van der Waals surface area contributed by atoms with Crippen molar-refractivity contribution in [1.82, 2.24) is 9.88 Å². The number of halogens is 2. The second kappa shape index (κ2) is 9.25. The number of aromatic nitrogens is 1. The number of hydrogen-bond donors (Lipinski definition) is 1. The third-order valence-electron chi connectivity index (χ3n) is 5.54. The maximum absolute atomic E-state index is 13.2. The van der Waals surface area contributed by atoms with Gasteiger partial charge in [-0.1, -0.05) is 35.3 Å². The highest BCUT2D eigenvalue weighted by atomic mass is 35.5. The summed E-state index contributed by atoms with van der Waals surface area (Å²) in [4.78, 5) is 31.8. The molecular weight excluding hydrogens is 463 g/mol. The number of amides is 1. The number of benzene rings is 2. The summed E-state index contributed by atoms with van der Waals surface area (Å²) >= 11 is 12.6. The van der Waals surface area contributed by atoms with E-state index in [4.69, 9.17) is 27.9 Å². The molecule has 8 heteroatoms. The number of aliphatic hydroxyl groups is 1. The molecule has 1 atom stereocenters. The summed E-state index contributed by atoms with van der Waals surface area (Å²) in [5.74, 6) is -1.17. The summed E-state index contributed by atoms with van der Waals surface area (Å²) in [5.41, 5.74) is 2.33. The van der Waals surface area contributed by atoms with Gasteiger partial charge in [0.25, 0.3) is 11.7 Å². The Morgan fingerprint density at radius 1 is 1.15 bits per heavy atom. The lowest BCUT2D eigenvalue weighted by Gasteiger charge is -2.26. The van der Waals surface area contributed by atoms with Crippen LogP contribution < -0.4 is 4.74 Å². The van der Waals surface area contributed by atoms with Crippen LogP contribution in [0.3, 0.4) is 0 Å². The Balaban J connectivity index is 1.90. The first-order chi connectivity index (χ1) is 15.8. The van der Waals surface area contributed by atoms with Crippen molar-refractivity contribution in [2.24, 2.45) is 0 Å². The Labute approximate surface area is 201 Å². The molecular formula is C25H20Cl2N2O4. The highest BCUT2D eigenvalue weighted by Gasteiger charge is 2.46.